The van der Waals surface area contributed by atoms with Gasteiger partial charge in [0.15, 0.2) is 0 Å². The van der Waals surface area contributed by atoms with Crippen LogP contribution in [0.15, 0.2) is 18.2 Å². The number of carbonyl (C=O) groups excluding carboxylic acids is 1. The monoisotopic (exact) mass is 236 g/mol. The summed E-state index contributed by atoms with van der Waals surface area (Å²) in [6, 6.07) is 5.73. The van der Waals surface area contributed by atoms with Crippen molar-refractivity contribution in [1.29, 1.82) is 5.26 Å². The number of nitrogens with zero attached hydrogens (tertiary/aromatic N) is 1. The largest absolute Gasteiger partial charge is 0.462 e. The summed E-state index contributed by atoms with van der Waals surface area (Å²) in [5.41, 5.74) is 5.60. The third-order valence-electron chi connectivity index (χ3n) is 2.13. The van der Waals surface area contributed by atoms with Gasteiger partial charge in [0.05, 0.1) is 18.2 Å². The molecule has 0 aromatic heterocycles. The summed E-state index contributed by atoms with van der Waals surface area (Å²) in [6.45, 7) is 0.175. The fourth-order valence-electron chi connectivity index (χ4n) is 1.25. The summed E-state index contributed by atoms with van der Waals surface area (Å²) >= 11 is 0. The van der Waals surface area contributed by atoms with E-state index >= 15 is 0 Å². The van der Waals surface area contributed by atoms with Crippen LogP contribution in [0.2, 0.25) is 0 Å². The molecule has 0 fully saturated rings. The molecule has 0 unspecified atom stereocenters. The number of unbranched alkanes of at least 4 members (excludes halogenated alkanes) is 2. The second-order valence-electron chi connectivity index (χ2n) is 3.49. The number of benzene rings is 1. The van der Waals surface area contributed by atoms with Crippen molar-refractivity contribution >= 4 is 11.7 Å². The van der Waals surface area contributed by atoms with Crippen molar-refractivity contribution < 1.29 is 13.9 Å². The molecule has 0 aliphatic heterocycles. The third kappa shape index (κ3) is 4.11. The lowest BCUT2D eigenvalue weighted by Gasteiger charge is -2.05. The second kappa shape index (κ2) is 6.48. The van der Waals surface area contributed by atoms with Crippen LogP contribution >= 0.6 is 0 Å². The molecule has 0 atom stereocenters. The van der Waals surface area contributed by atoms with E-state index in [0.717, 1.165) is 6.07 Å². The van der Waals surface area contributed by atoms with Crippen LogP contribution in [-0.2, 0) is 4.74 Å². The smallest absolute Gasteiger partial charge is 0.341 e. The van der Waals surface area contributed by atoms with E-state index in [1.807, 2.05) is 6.07 Å². The molecule has 1 rings (SSSR count). The highest BCUT2D eigenvalue weighted by Crippen LogP contribution is 2.13. The first kappa shape index (κ1) is 13.0. The van der Waals surface area contributed by atoms with Crippen molar-refractivity contribution in [3.05, 3.63) is 29.6 Å². The number of hydrogen-bond acceptors (Lipinski definition) is 4. The maximum atomic E-state index is 13.3. The van der Waals surface area contributed by atoms with Gasteiger partial charge in [0, 0.05) is 12.1 Å². The predicted molar refractivity (Wildman–Crippen MR) is 60.6 cm³/mol. The highest BCUT2D eigenvalue weighted by molar-refractivity contribution is 5.90. The zero-order valence-corrected chi connectivity index (χ0v) is 9.28. The number of hydrogen-bond donors (Lipinski definition) is 1. The minimum absolute atomic E-state index is 0.162. The van der Waals surface area contributed by atoms with Crippen molar-refractivity contribution in [2.24, 2.45) is 0 Å². The van der Waals surface area contributed by atoms with Gasteiger partial charge in [-0.05, 0) is 31.0 Å². The van der Waals surface area contributed by atoms with Crippen molar-refractivity contribution in [1.82, 2.24) is 0 Å². The molecule has 0 amide bonds. The predicted octanol–water partition coefficient (Wildman–Crippen LogP) is 2.26. The summed E-state index contributed by atoms with van der Waals surface area (Å²) in [4.78, 5) is 11.5. The van der Waals surface area contributed by atoms with Gasteiger partial charge in [0.25, 0.3) is 0 Å². The maximum Gasteiger partial charge on any atom is 0.341 e. The molecule has 5 heteroatoms. The van der Waals surface area contributed by atoms with E-state index in [1.54, 1.807) is 0 Å². The van der Waals surface area contributed by atoms with Gasteiger partial charge in [-0.2, -0.15) is 5.26 Å². The average Bonchev–Trinajstić information content (AvgIpc) is 2.32. The summed E-state index contributed by atoms with van der Waals surface area (Å²) < 4.78 is 18.1. The van der Waals surface area contributed by atoms with Gasteiger partial charge in [-0.15, -0.1) is 0 Å². The van der Waals surface area contributed by atoms with Gasteiger partial charge in [-0.1, -0.05) is 0 Å². The van der Waals surface area contributed by atoms with Crippen LogP contribution in [0, 0.1) is 17.1 Å². The van der Waals surface area contributed by atoms with Gasteiger partial charge >= 0.3 is 5.97 Å². The van der Waals surface area contributed by atoms with Crippen LogP contribution in [0.25, 0.3) is 0 Å². The highest BCUT2D eigenvalue weighted by atomic mass is 19.1. The van der Waals surface area contributed by atoms with E-state index in [2.05, 4.69) is 0 Å². The Morgan fingerprint density at radius 1 is 1.47 bits per heavy atom. The standard InChI is InChI=1S/C12H13FN2O2/c13-11-5-4-9(15)8-10(11)12(16)17-7-3-1-2-6-14/h4-5,8H,1-3,7,15H2. The lowest BCUT2D eigenvalue weighted by molar-refractivity contribution is 0.0493. The van der Waals surface area contributed by atoms with E-state index in [4.69, 9.17) is 15.7 Å². The number of ether oxygens (including phenoxy) is 1. The molecule has 0 aliphatic carbocycles. The van der Waals surface area contributed by atoms with Gasteiger partial charge in [0.2, 0.25) is 0 Å². The zero-order valence-electron chi connectivity index (χ0n) is 9.28. The topological polar surface area (TPSA) is 76.1 Å². The summed E-state index contributed by atoms with van der Waals surface area (Å²) in [7, 11) is 0. The first-order chi connectivity index (χ1) is 8.15. The van der Waals surface area contributed by atoms with Crippen molar-refractivity contribution in [3.8, 4) is 6.07 Å². The lowest BCUT2D eigenvalue weighted by Crippen LogP contribution is -2.09. The fourth-order valence-corrected chi connectivity index (χ4v) is 1.25. The Labute approximate surface area is 98.8 Å². The fraction of sp³-hybridized carbons (Fsp3) is 0.333. The number of carbonyl (C=O) groups is 1. The number of nitriles is 1. The molecule has 0 bridgehead atoms. The normalized spacial score (nSPS) is 9.65. The average molecular weight is 236 g/mol. The molecule has 17 heavy (non-hydrogen) atoms. The van der Waals surface area contributed by atoms with E-state index < -0.39 is 11.8 Å². The number of nitrogens with two attached hydrogens (primary N) is 1. The van der Waals surface area contributed by atoms with E-state index in [-0.39, 0.29) is 12.2 Å². The van der Waals surface area contributed by atoms with Gasteiger partial charge < -0.3 is 10.5 Å². The molecule has 0 saturated heterocycles. The lowest BCUT2D eigenvalue weighted by atomic mass is 10.2. The SMILES string of the molecule is N#CCCCCOC(=O)c1cc(N)ccc1F. The van der Waals surface area contributed by atoms with Crippen LogP contribution in [0.5, 0.6) is 0 Å². The van der Waals surface area contributed by atoms with Crippen LogP contribution in [0.3, 0.4) is 0 Å². The molecule has 0 spiro atoms. The molecule has 0 saturated carbocycles. The Morgan fingerprint density at radius 3 is 2.94 bits per heavy atom. The van der Waals surface area contributed by atoms with Crippen LogP contribution in [0.4, 0.5) is 10.1 Å². The zero-order chi connectivity index (χ0) is 12.7. The number of halogens is 1. The molecule has 90 valence electrons. The summed E-state index contributed by atoms with van der Waals surface area (Å²) in [5, 5.41) is 8.30. The third-order valence-corrected chi connectivity index (χ3v) is 2.13. The van der Waals surface area contributed by atoms with Crippen molar-refractivity contribution in [3.63, 3.8) is 0 Å². The Bertz CT molecular complexity index is 441. The first-order valence-electron chi connectivity index (χ1n) is 5.24. The molecule has 4 nitrogen and oxygen atoms in total. The van der Waals surface area contributed by atoms with E-state index in [0.29, 0.717) is 24.9 Å². The van der Waals surface area contributed by atoms with Crippen LogP contribution < -0.4 is 5.73 Å². The van der Waals surface area contributed by atoms with Crippen molar-refractivity contribution in [2.45, 2.75) is 19.3 Å². The molecule has 0 aliphatic rings. The second-order valence-corrected chi connectivity index (χ2v) is 3.49. The van der Waals surface area contributed by atoms with E-state index in [1.165, 1.54) is 12.1 Å². The van der Waals surface area contributed by atoms with E-state index in [9.17, 15) is 9.18 Å². The maximum absolute atomic E-state index is 13.3. The Hall–Kier alpha value is -2.09. The Morgan fingerprint density at radius 2 is 2.24 bits per heavy atom. The molecular weight excluding hydrogens is 223 g/mol. The minimum Gasteiger partial charge on any atom is -0.462 e. The molecule has 1 aromatic carbocycles. The van der Waals surface area contributed by atoms with Gasteiger partial charge in [-0.3, -0.25) is 0 Å². The Kier molecular flexibility index (Phi) is 4.95. The van der Waals surface area contributed by atoms with Crippen LogP contribution in [-0.4, -0.2) is 12.6 Å². The van der Waals surface area contributed by atoms with Gasteiger partial charge in [0.1, 0.15) is 5.82 Å². The van der Waals surface area contributed by atoms with Gasteiger partial charge in [-0.25, -0.2) is 9.18 Å². The molecule has 2 N–H and O–H groups in total. The number of esters is 1. The first-order valence-corrected chi connectivity index (χ1v) is 5.24. The molecular formula is C12H13FN2O2. The van der Waals surface area contributed by atoms with Crippen LogP contribution in [0.1, 0.15) is 29.6 Å². The Balaban J connectivity index is 2.47. The molecule has 0 heterocycles. The molecule has 1 aromatic rings. The summed E-state index contributed by atoms with van der Waals surface area (Å²) in [5.74, 6) is -1.38. The summed E-state index contributed by atoms with van der Waals surface area (Å²) in [6.07, 6.45) is 1.66. The minimum atomic E-state index is -0.730. The van der Waals surface area contributed by atoms with Crippen molar-refractivity contribution in [2.75, 3.05) is 12.3 Å². The number of anilines is 1. The quantitative estimate of drug-likeness (QED) is 0.483. The molecule has 0 radical (unpaired) electrons. The highest BCUT2D eigenvalue weighted by Gasteiger charge is 2.13. The number of rotatable bonds is 5. The number of nitrogen functional groups attached to an aromatic ring is 1.